The van der Waals surface area contributed by atoms with Gasteiger partial charge >= 0.3 is 0 Å². The van der Waals surface area contributed by atoms with Crippen LogP contribution in [0.3, 0.4) is 0 Å². The van der Waals surface area contributed by atoms with Crippen molar-refractivity contribution in [3.63, 3.8) is 0 Å². The highest BCUT2D eigenvalue weighted by atomic mass is 35.5. The molecule has 0 saturated carbocycles. The SMILES string of the molecule is CCn1c(-c2ccc(Cl)cc2)nn(C[NH+](C)Cc2ccsc2)c1=S. The van der Waals surface area contributed by atoms with E-state index in [0.717, 1.165) is 40.9 Å². The number of quaternary nitrogens is 1. The average Bonchev–Trinajstić information content (AvgIpc) is 3.17. The van der Waals surface area contributed by atoms with Crippen molar-refractivity contribution in [3.05, 3.63) is 56.4 Å². The number of halogens is 1. The molecule has 7 heteroatoms. The summed E-state index contributed by atoms with van der Waals surface area (Å²) in [7, 11) is 2.16. The topological polar surface area (TPSA) is 27.2 Å². The third-order valence-electron chi connectivity index (χ3n) is 3.85. The molecule has 0 aliphatic carbocycles. The predicted octanol–water partition coefficient (Wildman–Crippen LogP) is 3.49. The molecule has 0 amide bonds. The third-order valence-corrected chi connectivity index (χ3v) is 5.26. The number of nitrogens with zero attached hydrogens (tertiary/aromatic N) is 3. The molecule has 3 aromatic rings. The molecule has 0 fully saturated rings. The van der Waals surface area contributed by atoms with Crippen LogP contribution < -0.4 is 4.90 Å². The Bertz CT molecular complexity index is 850. The Kier molecular flexibility index (Phi) is 5.50. The van der Waals surface area contributed by atoms with Gasteiger partial charge in [0.15, 0.2) is 12.5 Å². The summed E-state index contributed by atoms with van der Waals surface area (Å²) in [6.07, 6.45) is 0. The van der Waals surface area contributed by atoms with E-state index in [9.17, 15) is 0 Å². The van der Waals surface area contributed by atoms with Crippen LogP contribution in [0, 0.1) is 4.77 Å². The van der Waals surface area contributed by atoms with E-state index in [4.69, 9.17) is 28.9 Å². The molecule has 1 unspecified atom stereocenters. The molecule has 0 radical (unpaired) electrons. The van der Waals surface area contributed by atoms with Gasteiger partial charge in [0.1, 0.15) is 6.54 Å². The first-order valence-electron chi connectivity index (χ1n) is 7.84. The van der Waals surface area contributed by atoms with Crippen molar-refractivity contribution < 1.29 is 4.90 Å². The summed E-state index contributed by atoms with van der Waals surface area (Å²) in [5.41, 5.74) is 2.37. The first-order valence-corrected chi connectivity index (χ1v) is 9.57. The zero-order chi connectivity index (χ0) is 17.1. The van der Waals surface area contributed by atoms with Crippen molar-refractivity contribution in [1.29, 1.82) is 0 Å². The van der Waals surface area contributed by atoms with Gasteiger partial charge in [0, 0.05) is 22.7 Å². The van der Waals surface area contributed by atoms with E-state index >= 15 is 0 Å². The maximum absolute atomic E-state index is 5.99. The average molecular weight is 380 g/mol. The van der Waals surface area contributed by atoms with E-state index in [-0.39, 0.29) is 0 Å². The lowest BCUT2D eigenvalue weighted by atomic mass is 10.2. The maximum atomic E-state index is 5.99. The number of nitrogens with one attached hydrogen (secondary N) is 1. The van der Waals surface area contributed by atoms with E-state index in [1.807, 2.05) is 28.9 Å². The van der Waals surface area contributed by atoms with Gasteiger partial charge in [0.2, 0.25) is 4.77 Å². The Balaban J connectivity index is 1.86. The first kappa shape index (κ1) is 17.4. The van der Waals surface area contributed by atoms with Gasteiger partial charge in [-0.25, -0.2) is 0 Å². The number of hydrogen-bond acceptors (Lipinski definition) is 3. The number of hydrogen-bond donors (Lipinski definition) is 1. The molecule has 4 nitrogen and oxygen atoms in total. The van der Waals surface area contributed by atoms with Crippen LogP contribution in [0.2, 0.25) is 5.02 Å². The van der Waals surface area contributed by atoms with E-state index in [0.29, 0.717) is 0 Å². The second kappa shape index (κ2) is 7.61. The van der Waals surface area contributed by atoms with Crippen LogP contribution in [0.5, 0.6) is 0 Å². The quantitative estimate of drug-likeness (QED) is 0.664. The van der Waals surface area contributed by atoms with E-state index in [1.54, 1.807) is 11.3 Å². The fourth-order valence-electron chi connectivity index (χ4n) is 2.69. The number of rotatable bonds is 6. The van der Waals surface area contributed by atoms with Crippen LogP contribution in [0.25, 0.3) is 11.4 Å². The lowest BCUT2D eigenvalue weighted by Crippen LogP contribution is -3.06. The first-order chi connectivity index (χ1) is 11.6. The molecule has 1 N–H and O–H groups in total. The van der Waals surface area contributed by atoms with Gasteiger partial charge in [-0.15, -0.1) is 5.10 Å². The highest BCUT2D eigenvalue weighted by molar-refractivity contribution is 7.71. The van der Waals surface area contributed by atoms with Gasteiger partial charge in [0.25, 0.3) is 0 Å². The van der Waals surface area contributed by atoms with Gasteiger partial charge in [-0.2, -0.15) is 16.0 Å². The summed E-state index contributed by atoms with van der Waals surface area (Å²) in [5.74, 6) is 0.891. The van der Waals surface area contributed by atoms with Gasteiger partial charge in [-0.1, -0.05) is 11.6 Å². The molecular formula is C17H20ClN4S2+. The molecule has 2 heterocycles. The highest BCUT2D eigenvalue weighted by Gasteiger charge is 2.14. The molecule has 0 aliphatic rings. The van der Waals surface area contributed by atoms with Crippen LogP contribution >= 0.6 is 35.2 Å². The van der Waals surface area contributed by atoms with Gasteiger partial charge in [-0.3, -0.25) is 0 Å². The van der Waals surface area contributed by atoms with Crippen LogP contribution in [-0.4, -0.2) is 21.4 Å². The molecule has 0 spiro atoms. The van der Waals surface area contributed by atoms with Gasteiger partial charge < -0.3 is 9.47 Å². The highest BCUT2D eigenvalue weighted by Crippen LogP contribution is 2.20. The van der Waals surface area contributed by atoms with Crippen LogP contribution in [0.1, 0.15) is 12.5 Å². The molecule has 0 saturated heterocycles. The van der Waals surface area contributed by atoms with Crippen molar-refractivity contribution >= 4 is 35.2 Å². The number of benzene rings is 1. The van der Waals surface area contributed by atoms with Crippen molar-refractivity contribution in [2.75, 3.05) is 7.05 Å². The van der Waals surface area contributed by atoms with E-state index in [1.165, 1.54) is 10.5 Å². The van der Waals surface area contributed by atoms with Gasteiger partial charge in [0.05, 0.1) is 7.05 Å². The molecule has 1 aromatic carbocycles. The summed E-state index contributed by atoms with van der Waals surface area (Å²) in [6, 6.07) is 9.90. The van der Waals surface area contributed by atoms with E-state index in [2.05, 4.69) is 35.4 Å². The minimum atomic E-state index is 0.722. The van der Waals surface area contributed by atoms with Crippen molar-refractivity contribution in [3.8, 4) is 11.4 Å². The van der Waals surface area contributed by atoms with Crippen LogP contribution in [0.15, 0.2) is 41.1 Å². The smallest absolute Gasteiger partial charge is 0.203 e. The predicted molar refractivity (Wildman–Crippen MR) is 102 cm³/mol. The number of aromatic nitrogens is 3. The Morgan fingerprint density at radius 2 is 2.00 bits per heavy atom. The Hall–Kier alpha value is -1.47. The Morgan fingerprint density at radius 3 is 2.62 bits per heavy atom. The number of thiophene rings is 1. The third kappa shape index (κ3) is 3.78. The lowest BCUT2D eigenvalue weighted by Gasteiger charge is -2.12. The molecular weight excluding hydrogens is 360 g/mol. The summed E-state index contributed by atoms with van der Waals surface area (Å²) in [4.78, 5) is 1.34. The summed E-state index contributed by atoms with van der Waals surface area (Å²) < 4.78 is 4.74. The zero-order valence-electron chi connectivity index (χ0n) is 13.7. The maximum Gasteiger partial charge on any atom is 0.203 e. The van der Waals surface area contributed by atoms with Crippen molar-refractivity contribution in [2.24, 2.45) is 0 Å². The summed E-state index contributed by atoms with van der Waals surface area (Å²) in [6.45, 7) is 4.58. The molecule has 2 aromatic heterocycles. The minimum absolute atomic E-state index is 0.722. The van der Waals surface area contributed by atoms with Crippen molar-refractivity contribution in [1.82, 2.24) is 14.3 Å². The van der Waals surface area contributed by atoms with Crippen LogP contribution in [-0.2, 0) is 19.8 Å². The Morgan fingerprint density at radius 1 is 1.25 bits per heavy atom. The summed E-state index contributed by atoms with van der Waals surface area (Å²) >= 11 is 13.3. The molecule has 24 heavy (non-hydrogen) atoms. The lowest BCUT2D eigenvalue weighted by molar-refractivity contribution is -0.917. The fourth-order valence-corrected chi connectivity index (χ4v) is 3.81. The molecule has 0 bridgehead atoms. The summed E-state index contributed by atoms with van der Waals surface area (Å²) in [5, 5.41) is 9.78. The monoisotopic (exact) mass is 379 g/mol. The fraction of sp³-hybridized carbons (Fsp3) is 0.294. The van der Waals surface area contributed by atoms with Gasteiger partial charge in [-0.05, 0) is 60.2 Å². The zero-order valence-corrected chi connectivity index (χ0v) is 16.1. The van der Waals surface area contributed by atoms with Crippen molar-refractivity contribution in [2.45, 2.75) is 26.7 Å². The molecule has 126 valence electrons. The largest absolute Gasteiger partial charge is 0.315 e. The molecule has 1 atom stereocenters. The molecule has 0 aliphatic heterocycles. The van der Waals surface area contributed by atoms with Crippen LogP contribution in [0.4, 0.5) is 0 Å². The second-order valence-electron chi connectivity index (χ2n) is 5.78. The molecule has 3 rings (SSSR count). The Labute approximate surface area is 155 Å². The standard InChI is InChI=1S/C17H19ClN4S2/c1-3-21-16(14-4-6-15(18)7-5-14)19-22(17(21)23)12-20(2)10-13-8-9-24-11-13/h4-9,11H,3,10,12H2,1-2H3/p+1. The second-order valence-corrected chi connectivity index (χ2v) is 7.36. The minimum Gasteiger partial charge on any atom is -0.315 e. The normalized spacial score (nSPS) is 12.5. The van der Waals surface area contributed by atoms with E-state index < -0.39 is 0 Å².